The minimum atomic E-state index is 0.995. The highest BCUT2D eigenvalue weighted by molar-refractivity contribution is 5.44. The van der Waals surface area contributed by atoms with E-state index in [0.29, 0.717) is 0 Å². The van der Waals surface area contributed by atoms with Gasteiger partial charge in [-0.2, -0.15) is 0 Å². The van der Waals surface area contributed by atoms with Gasteiger partial charge in [-0.05, 0) is 12.8 Å². The van der Waals surface area contributed by atoms with E-state index in [1.807, 2.05) is 24.8 Å². The predicted octanol–water partition coefficient (Wildman–Crippen LogP) is 1.54. The van der Waals surface area contributed by atoms with E-state index in [0.717, 1.165) is 24.7 Å². The monoisotopic (exact) mass is 188 g/mol. The van der Waals surface area contributed by atoms with E-state index in [-0.39, 0.29) is 0 Å². The fourth-order valence-electron chi connectivity index (χ4n) is 1.96. The van der Waals surface area contributed by atoms with Gasteiger partial charge in [-0.1, -0.05) is 0 Å². The first-order valence-corrected chi connectivity index (χ1v) is 4.98. The molecule has 0 N–H and O–H groups in total. The van der Waals surface area contributed by atoms with Gasteiger partial charge in [0.1, 0.15) is 0 Å². The van der Waals surface area contributed by atoms with Crippen LogP contribution in [0.5, 0.6) is 0 Å². The van der Waals surface area contributed by atoms with Gasteiger partial charge in [0, 0.05) is 37.9 Å². The second-order valence-electron chi connectivity index (χ2n) is 3.60. The van der Waals surface area contributed by atoms with Crippen LogP contribution in [0.25, 0.3) is 11.6 Å². The van der Waals surface area contributed by atoms with E-state index in [1.165, 1.54) is 12.8 Å². The Labute approximate surface area is 82.2 Å². The maximum absolute atomic E-state index is 4.35. The molecule has 2 aromatic heterocycles. The lowest BCUT2D eigenvalue weighted by Gasteiger charge is -2.13. The van der Waals surface area contributed by atoms with Gasteiger partial charge in [0.2, 0.25) is 0 Å². The smallest absolute Gasteiger partial charge is 0.176 e. The van der Waals surface area contributed by atoms with Crippen molar-refractivity contribution < 1.29 is 0 Å². The van der Waals surface area contributed by atoms with Gasteiger partial charge in [-0.25, -0.2) is 9.97 Å². The molecule has 0 saturated heterocycles. The highest BCUT2D eigenvalue weighted by Crippen LogP contribution is 2.19. The number of rotatable bonds is 0. The molecule has 4 heteroatoms. The van der Waals surface area contributed by atoms with Crippen molar-refractivity contribution in [3.63, 3.8) is 0 Å². The summed E-state index contributed by atoms with van der Waals surface area (Å²) in [6, 6.07) is 0. The summed E-state index contributed by atoms with van der Waals surface area (Å²) >= 11 is 0. The van der Waals surface area contributed by atoms with Crippen molar-refractivity contribution in [1.29, 1.82) is 0 Å². The number of aryl methyl sites for hydroxylation is 2. The SMILES string of the molecule is c1cn2c(n1)-c1nccn1CCCC2. The van der Waals surface area contributed by atoms with Crippen molar-refractivity contribution in [3.8, 4) is 11.6 Å². The quantitative estimate of drug-likeness (QED) is 0.628. The minimum absolute atomic E-state index is 0.995. The maximum atomic E-state index is 4.35. The Morgan fingerprint density at radius 1 is 0.857 bits per heavy atom. The molecule has 2 aromatic rings. The van der Waals surface area contributed by atoms with Gasteiger partial charge in [0.15, 0.2) is 11.6 Å². The number of nitrogens with zero attached hydrogens (tertiary/aromatic N) is 4. The molecule has 0 aromatic carbocycles. The third kappa shape index (κ3) is 1.07. The second kappa shape index (κ2) is 2.97. The van der Waals surface area contributed by atoms with Gasteiger partial charge < -0.3 is 9.13 Å². The molecule has 0 amide bonds. The molecule has 0 spiro atoms. The van der Waals surface area contributed by atoms with Gasteiger partial charge >= 0.3 is 0 Å². The van der Waals surface area contributed by atoms with E-state index in [4.69, 9.17) is 0 Å². The lowest BCUT2D eigenvalue weighted by Crippen LogP contribution is -2.10. The molecule has 3 heterocycles. The lowest BCUT2D eigenvalue weighted by atomic mass is 10.2. The van der Waals surface area contributed by atoms with E-state index in [9.17, 15) is 0 Å². The molecule has 0 saturated carbocycles. The molecule has 0 aliphatic carbocycles. The topological polar surface area (TPSA) is 35.6 Å². The molecular formula is C10H12N4. The van der Waals surface area contributed by atoms with Crippen molar-refractivity contribution >= 4 is 0 Å². The summed E-state index contributed by atoms with van der Waals surface area (Å²) in [5, 5.41) is 0. The normalized spacial score (nSPS) is 15.4. The van der Waals surface area contributed by atoms with Crippen molar-refractivity contribution in [3.05, 3.63) is 24.8 Å². The van der Waals surface area contributed by atoms with Crippen LogP contribution in [0.2, 0.25) is 0 Å². The molecule has 0 unspecified atom stereocenters. The minimum Gasteiger partial charge on any atom is -0.328 e. The van der Waals surface area contributed by atoms with Crippen molar-refractivity contribution in [2.24, 2.45) is 0 Å². The van der Waals surface area contributed by atoms with E-state index in [1.54, 1.807) is 0 Å². The maximum Gasteiger partial charge on any atom is 0.176 e. The largest absolute Gasteiger partial charge is 0.328 e. The zero-order chi connectivity index (χ0) is 9.38. The highest BCUT2D eigenvalue weighted by Gasteiger charge is 2.13. The number of imidazole rings is 2. The van der Waals surface area contributed by atoms with Crippen LogP contribution in [-0.4, -0.2) is 19.1 Å². The Morgan fingerprint density at radius 2 is 1.36 bits per heavy atom. The van der Waals surface area contributed by atoms with Crippen LogP contribution in [0.1, 0.15) is 12.8 Å². The third-order valence-corrected chi connectivity index (χ3v) is 2.68. The standard InChI is InChI=1S/C10H12N4/c1-2-6-14-8-4-12-10(14)9-11-3-7-13(9)5-1/h3-4,7-8H,1-2,5-6H2. The number of fused-ring (bicyclic) bond motifs is 3. The summed E-state index contributed by atoms with van der Waals surface area (Å²) in [6.45, 7) is 2.12. The molecule has 14 heavy (non-hydrogen) atoms. The number of hydrogen-bond acceptors (Lipinski definition) is 2. The van der Waals surface area contributed by atoms with E-state index >= 15 is 0 Å². The van der Waals surface area contributed by atoms with Crippen molar-refractivity contribution in [2.45, 2.75) is 25.9 Å². The summed E-state index contributed by atoms with van der Waals surface area (Å²) in [6.07, 6.45) is 10.2. The average molecular weight is 188 g/mol. The molecule has 0 fully saturated rings. The lowest BCUT2D eigenvalue weighted by molar-refractivity contribution is 0.537. The van der Waals surface area contributed by atoms with Crippen molar-refractivity contribution in [2.75, 3.05) is 0 Å². The second-order valence-corrected chi connectivity index (χ2v) is 3.60. The van der Waals surface area contributed by atoms with E-state index in [2.05, 4.69) is 19.1 Å². The van der Waals surface area contributed by atoms with Crippen LogP contribution in [0.3, 0.4) is 0 Å². The molecule has 3 rings (SSSR count). The van der Waals surface area contributed by atoms with E-state index < -0.39 is 0 Å². The fraction of sp³-hybridized carbons (Fsp3) is 0.400. The zero-order valence-corrected chi connectivity index (χ0v) is 7.93. The highest BCUT2D eigenvalue weighted by atomic mass is 15.2. The first-order valence-electron chi connectivity index (χ1n) is 4.98. The number of aromatic nitrogens is 4. The van der Waals surface area contributed by atoms with Crippen LogP contribution in [-0.2, 0) is 13.1 Å². The van der Waals surface area contributed by atoms with Gasteiger partial charge in [0.05, 0.1) is 0 Å². The molecule has 1 aliphatic heterocycles. The fourth-order valence-corrected chi connectivity index (χ4v) is 1.96. The van der Waals surface area contributed by atoms with Crippen LogP contribution < -0.4 is 0 Å². The first kappa shape index (κ1) is 7.79. The summed E-state index contributed by atoms with van der Waals surface area (Å²) < 4.78 is 4.36. The van der Waals surface area contributed by atoms with Crippen molar-refractivity contribution in [1.82, 2.24) is 19.1 Å². The van der Waals surface area contributed by atoms with Crippen LogP contribution in [0.15, 0.2) is 24.8 Å². The Morgan fingerprint density at radius 3 is 1.86 bits per heavy atom. The summed E-state index contributed by atoms with van der Waals surface area (Å²) in [5.74, 6) is 1.99. The molecule has 0 atom stereocenters. The van der Waals surface area contributed by atoms with Crippen LogP contribution in [0.4, 0.5) is 0 Å². The average Bonchev–Trinajstić information content (AvgIpc) is 2.75. The first-order chi connectivity index (χ1) is 6.95. The summed E-state index contributed by atoms with van der Waals surface area (Å²) in [7, 11) is 0. The van der Waals surface area contributed by atoms with Gasteiger partial charge in [0.25, 0.3) is 0 Å². The van der Waals surface area contributed by atoms with Crippen LogP contribution >= 0.6 is 0 Å². The Bertz CT molecular complexity index is 398. The molecular weight excluding hydrogens is 176 g/mol. The Hall–Kier alpha value is -1.58. The summed E-state index contributed by atoms with van der Waals surface area (Å²) in [5.41, 5.74) is 0. The van der Waals surface area contributed by atoms with Gasteiger partial charge in [-0.3, -0.25) is 0 Å². The molecule has 1 aliphatic rings. The predicted molar refractivity (Wildman–Crippen MR) is 52.7 cm³/mol. The third-order valence-electron chi connectivity index (χ3n) is 2.68. The Balaban J connectivity index is 2.19. The van der Waals surface area contributed by atoms with Gasteiger partial charge in [-0.15, -0.1) is 0 Å². The molecule has 4 nitrogen and oxygen atoms in total. The Kier molecular flexibility index (Phi) is 1.65. The molecule has 0 bridgehead atoms. The number of hydrogen-bond donors (Lipinski definition) is 0. The molecule has 0 radical (unpaired) electrons. The van der Waals surface area contributed by atoms with Crippen LogP contribution in [0, 0.1) is 0 Å². The summed E-state index contributed by atoms with van der Waals surface area (Å²) in [4.78, 5) is 8.70. The zero-order valence-electron chi connectivity index (χ0n) is 7.93. The molecule has 72 valence electrons.